The lowest BCUT2D eigenvalue weighted by Gasteiger charge is -2.12. The molecule has 3 rings (SSSR count). The van der Waals surface area contributed by atoms with Gasteiger partial charge in [0.1, 0.15) is 0 Å². The summed E-state index contributed by atoms with van der Waals surface area (Å²) in [6.07, 6.45) is 0. The lowest BCUT2D eigenvalue weighted by molar-refractivity contribution is -0.136. The number of esters is 1. The number of rotatable bonds is 6. The fourth-order valence-electron chi connectivity index (χ4n) is 2.92. The molecule has 0 amide bonds. The van der Waals surface area contributed by atoms with Crippen molar-refractivity contribution in [1.29, 1.82) is 5.26 Å². The summed E-state index contributed by atoms with van der Waals surface area (Å²) in [7, 11) is 1.75. The summed E-state index contributed by atoms with van der Waals surface area (Å²) in [4.78, 5) is 16.8. The number of fused-ring (bicyclic) bond motifs is 1. The van der Waals surface area contributed by atoms with Crippen LogP contribution in [0.4, 0.5) is 0 Å². The summed E-state index contributed by atoms with van der Waals surface area (Å²) < 4.78 is 18.0. The first-order valence-corrected chi connectivity index (χ1v) is 9.22. The summed E-state index contributed by atoms with van der Waals surface area (Å²) in [5.74, 6) is -0.140. The third-order valence-corrected chi connectivity index (χ3v) is 4.35. The van der Waals surface area contributed by atoms with Gasteiger partial charge in [0.25, 0.3) is 0 Å². The van der Waals surface area contributed by atoms with Gasteiger partial charge >= 0.3 is 5.97 Å². The number of hydrogen-bond donors (Lipinski definition) is 0. The summed E-state index contributed by atoms with van der Waals surface area (Å²) in [6, 6.07) is 6.75. The summed E-state index contributed by atoms with van der Waals surface area (Å²) >= 11 is 6.15. The second-order valence-electron chi connectivity index (χ2n) is 6.30. The van der Waals surface area contributed by atoms with Crippen molar-refractivity contribution in [2.75, 3.05) is 13.2 Å². The standard InChI is InChI=1S/C20H19ClN4O4/c1-5-27-15-8-13(9-22)7-14(21)18(15)29-16(26)10-28-20-17-11(2)6-12(3)23-19(17)25(4)24-20/h6-8H,5,10H2,1-4H3. The van der Waals surface area contributed by atoms with Crippen LogP contribution in [0.25, 0.3) is 11.0 Å². The second-order valence-corrected chi connectivity index (χ2v) is 6.71. The van der Waals surface area contributed by atoms with E-state index in [1.54, 1.807) is 18.7 Å². The largest absolute Gasteiger partial charge is 0.490 e. The molecule has 0 unspecified atom stereocenters. The molecular formula is C20H19ClN4O4. The van der Waals surface area contributed by atoms with Crippen LogP contribution in [0, 0.1) is 25.2 Å². The van der Waals surface area contributed by atoms with Gasteiger partial charge in [-0.2, -0.15) is 5.26 Å². The van der Waals surface area contributed by atoms with Gasteiger partial charge in [0.05, 0.1) is 28.6 Å². The van der Waals surface area contributed by atoms with E-state index in [-0.39, 0.29) is 23.1 Å². The van der Waals surface area contributed by atoms with E-state index in [1.807, 2.05) is 26.0 Å². The number of pyridine rings is 1. The molecule has 0 radical (unpaired) electrons. The fraction of sp³-hybridized carbons (Fsp3) is 0.300. The quantitative estimate of drug-likeness (QED) is 0.449. The Hall–Kier alpha value is -3.31. The number of carbonyl (C=O) groups excluding carboxylic acids is 1. The van der Waals surface area contributed by atoms with Gasteiger partial charge in [-0.1, -0.05) is 11.6 Å². The first-order chi connectivity index (χ1) is 13.8. The zero-order valence-electron chi connectivity index (χ0n) is 16.4. The minimum absolute atomic E-state index is 0.0421. The number of carbonyl (C=O) groups is 1. The third-order valence-electron chi connectivity index (χ3n) is 4.07. The number of halogens is 1. The van der Waals surface area contributed by atoms with E-state index in [2.05, 4.69) is 10.1 Å². The van der Waals surface area contributed by atoms with Crippen molar-refractivity contribution < 1.29 is 19.0 Å². The van der Waals surface area contributed by atoms with Gasteiger partial charge in [-0.3, -0.25) is 0 Å². The summed E-state index contributed by atoms with van der Waals surface area (Å²) in [5.41, 5.74) is 2.77. The SMILES string of the molecule is CCOc1cc(C#N)cc(Cl)c1OC(=O)COc1nn(C)c2nc(C)cc(C)c12. The molecule has 0 saturated heterocycles. The minimum Gasteiger partial charge on any atom is -0.490 e. The molecule has 0 aliphatic heterocycles. The van der Waals surface area contributed by atoms with Gasteiger partial charge in [-0.15, -0.1) is 5.10 Å². The number of aromatic nitrogens is 3. The normalized spacial score (nSPS) is 10.6. The summed E-state index contributed by atoms with van der Waals surface area (Å²) in [6.45, 7) is 5.52. The Kier molecular flexibility index (Phi) is 5.89. The zero-order valence-corrected chi connectivity index (χ0v) is 17.2. The van der Waals surface area contributed by atoms with Crippen LogP contribution < -0.4 is 14.2 Å². The third kappa shape index (κ3) is 4.25. The van der Waals surface area contributed by atoms with Crippen LogP contribution >= 0.6 is 11.6 Å². The van der Waals surface area contributed by atoms with Crippen LogP contribution in [-0.4, -0.2) is 33.9 Å². The Morgan fingerprint density at radius 3 is 2.72 bits per heavy atom. The van der Waals surface area contributed by atoms with E-state index in [1.165, 1.54) is 12.1 Å². The average molecular weight is 415 g/mol. The van der Waals surface area contributed by atoms with Gasteiger partial charge in [0.2, 0.25) is 5.88 Å². The molecule has 2 aromatic heterocycles. The highest BCUT2D eigenvalue weighted by atomic mass is 35.5. The summed E-state index contributed by atoms with van der Waals surface area (Å²) in [5, 5.41) is 14.2. The van der Waals surface area contributed by atoms with E-state index >= 15 is 0 Å². The Morgan fingerprint density at radius 2 is 2.03 bits per heavy atom. The predicted octanol–water partition coefficient (Wildman–Crippen LogP) is 3.49. The topological polar surface area (TPSA) is 99.3 Å². The molecule has 1 aromatic carbocycles. The van der Waals surface area contributed by atoms with Crippen molar-refractivity contribution in [3.05, 3.63) is 40.0 Å². The highest BCUT2D eigenvalue weighted by Gasteiger charge is 2.19. The molecule has 0 bridgehead atoms. The molecule has 2 heterocycles. The van der Waals surface area contributed by atoms with Crippen LogP contribution in [0.1, 0.15) is 23.7 Å². The Labute approximate surface area is 172 Å². The van der Waals surface area contributed by atoms with Crippen LogP contribution in [0.3, 0.4) is 0 Å². The molecule has 3 aromatic rings. The van der Waals surface area contributed by atoms with Crippen LogP contribution in [0.2, 0.25) is 5.02 Å². The van der Waals surface area contributed by atoms with Crippen molar-refractivity contribution in [3.8, 4) is 23.4 Å². The first-order valence-electron chi connectivity index (χ1n) is 8.84. The van der Waals surface area contributed by atoms with Gasteiger partial charge in [-0.05, 0) is 38.5 Å². The van der Waals surface area contributed by atoms with Crippen LogP contribution in [0.15, 0.2) is 18.2 Å². The fourth-order valence-corrected chi connectivity index (χ4v) is 3.16. The van der Waals surface area contributed by atoms with Gasteiger partial charge < -0.3 is 14.2 Å². The van der Waals surface area contributed by atoms with Crippen molar-refractivity contribution in [2.45, 2.75) is 20.8 Å². The Balaban J connectivity index is 1.80. The molecule has 150 valence electrons. The lowest BCUT2D eigenvalue weighted by Crippen LogP contribution is -2.18. The minimum atomic E-state index is -0.686. The van der Waals surface area contributed by atoms with Crippen molar-refractivity contribution in [3.63, 3.8) is 0 Å². The maximum atomic E-state index is 12.4. The smallest absolute Gasteiger partial charge is 0.349 e. The molecule has 0 fully saturated rings. The van der Waals surface area contributed by atoms with Gasteiger partial charge in [0.15, 0.2) is 23.8 Å². The highest BCUT2D eigenvalue weighted by Crippen LogP contribution is 2.36. The maximum absolute atomic E-state index is 12.4. The molecule has 0 aliphatic carbocycles. The molecule has 0 aliphatic rings. The number of nitriles is 1. The predicted molar refractivity (Wildman–Crippen MR) is 106 cm³/mol. The monoisotopic (exact) mass is 414 g/mol. The van der Waals surface area contributed by atoms with E-state index in [0.29, 0.717) is 23.7 Å². The molecule has 0 saturated carbocycles. The highest BCUT2D eigenvalue weighted by molar-refractivity contribution is 6.32. The average Bonchev–Trinajstić information content (AvgIpc) is 2.98. The molecule has 29 heavy (non-hydrogen) atoms. The van der Waals surface area contributed by atoms with E-state index in [4.69, 9.17) is 31.1 Å². The van der Waals surface area contributed by atoms with Crippen molar-refractivity contribution in [1.82, 2.24) is 14.8 Å². The number of nitrogens with zero attached hydrogens (tertiary/aromatic N) is 4. The van der Waals surface area contributed by atoms with E-state index in [0.717, 1.165) is 16.6 Å². The Morgan fingerprint density at radius 1 is 1.28 bits per heavy atom. The van der Waals surface area contributed by atoms with Crippen molar-refractivity contribution in [2.24, 2.45) is 7.05 Å². The van der Waals surface area contributed by atoms with Crippen LogP contribution in [-0.2, 0) is 11.8 Å². The zero-order chi connectivity index (χ0) is 21.1. The molecular weight excluding hydrogens is 396 g/mol. The number of aryl methyl sites for hydroxylation is 3. The number of hydrogen-bond acceptors (Lipinski definition) is 7. The van der Waals surface area contributed by atoms with Gasteiger partial charge in [-0.25, -0.2) is 14.5 Å². The molecule has 8 nitrogen and oxygen atoms in total. The first kappa shape index (κ1) is 20.4. The van der Waals surface area contributed by atoms with Gasteiger partial charge in [0, 0.05) is 18.8 Å². The van der Waals surface area contributed by atoms with Crippen molar-refractivity contribution >= 4 is 28.6 Å². The number of benzene rings is 1. The second kappa shape index (κ2) is 8.37. The van der Waals surface area contributed by atoms with Crippen LogP contribution in [0.5, 0.6) is 17.4 Å². The molecule has 0 atom stereocenters. The number of ether oxygens (including phenoxy) is 3. The lowest BCUT2D eigenvalue weighted by atomic mass is 10.2. The van der Waals surface area contributed by atoms with E-state index in [9.17, 15) is 4.79 Å². The van der Waals surface area contributed by atoms with E-state index < -0.39 is 5.97 Å². The molecule has 9 heteroatoms. The molecule has 0 spiro atoms. The molecule has 0 N–H and O–H groups in total. The Bertz CT molecular complexity index is 1130. The maximum Gasteiger partial charge on any atom is 0.349 e.